The van der Waals surface area contributed by atoms with Gasteiger partial charge in [0.05, 0.1) is 16.2 Å². The molecule has 2 heterocycles. The quantitative estimate of drug-likeness (QED) is 0.434. The number of aromatic nitrogens is 4. The number of rotatable bonds is 7. The van der Waals surface area contributed by atoms with Crippen LogP contribution >= 0.6 is 11.8 Å². The van der Waals surface area contributed by atoms with Gasteiger partial charge in [-0.15, -0.1) is 10.2 Å². The van der Waals surface area contributed by atoms with Crippen molar-refractivity contribution in [1.29, 1.82) is 0 Å². The molecule has 0 aliphatic rings. The van der Waals surface area contributed by atoms with Gasteiger partial charge in [0.15, 0.2) is 0 Å². The first-order valence-electron chi connectivity index (χ1n) is 9.93. The summed E-state index contributed by atoms with van der Waals surface area (Å²) >= 11 is 1.36. The Morgan fingerprint density at radius 3 is 2.53 bits per heavy atom. The van der Waals surface area contributed by atoms with E-state index in [1.165, 1.54) is 11.8 Å². The molecule has 0 saturated carbocycles. The molecular weight excluding hydrogens is 398 g/mol. The van der Waals surface area contributed by atoms with Crippen molar-refractivity contribution in [2.75, 3.05) is 18.0 Å². The van der Waals surface area contributed by atoms with E-state index in [9.17, 15) is 4.79 Å². The highest BCUT2D eigenvalue weighted by molar-refractivity contribution is 7.99. The lowest BCUT2D eigenvalue weighted by atomic mass is 10.2. The minimum absolute atomic E-state index is 0.150. The van der Waals surface area contributed by atoms with Crippen LogP contribution in [0.15, 0.2) is 63.0 Å². The lowest BCUT2D eigenvalue weighted by molar-refractivity contribution is 0.465. The summed E-state index contributed by atoms with van der Waals surface area (Å²) in [6.45, 7) is 8.13. The normalized spacial score (nSPS) is 12.2. The molecule has 8 heteroatoms. The van der Waals surface area contributed by atoms with Crippen LogP contribution < -0.4 is 10.5 Å². The standard InChI is InChI=1S/C22H23N5O2S/c1-4-27(5-2)16-12-10-15(11-13-16)21-25-26-22(29-21)30-14(3)19-23-18-9-7-6-8-17(18)20(28)24-19/h6-14H,4-5H2,1-3H3,(H,23,24,28)/t14-/m1/s1. The van der Waals surface area contributed by atoms with E-state index in [1.807, 2.05) is 37.3 Å². The van der Waals surface area contributed by atoms with Crippen molar-refractivity contribution >= 4 is 28.4 Å². The Bertz CT molecular complexity index is 1200. The van der Waals surface area contributed by atoms with Crippen molar-refractivity contribution in [3.8, 4) is 11.5 Å². The molecule has 1 atom stereocenters. The second-order valence-electron chi connectivity index (χ2n) is 6.82. The summed E-state index contributed by atoms with van der Waals surface area (Å²) in [5, 5.41) is 9.18. The number of nitrogens with one attached hydrogen (secondary N) is 1. The number of thioether (sulfide) groups is 1. The number of para-hydroxylation sites is 1. The van der Waals surface area contributed by atoms with Gasteiger partial charge in [-0.25, -0.2) is 4.98 Å². The van der Waals surface area contributed by atoms with E-state index in [0.717, 1.165) is 24.3 Å². The van der Waals surface area contributed by atoms with E-state index in [1.54, 1.807) is 6.07 Å². The zero-order chi connectivity index (χ0) is 21.1. The van der Waals surface area contributed by atoms with Crippen molar-refractivity contribution < 1.29 is 4.42 Å². The Morgan fingerprint density at radius 1 is 1.07 bits per heavy atom. The molecule has 154 valence electrons. The van der Waals surface area contributed by atoms with Crippen molar-refractivity contribution in [2.24, 2.45) is 0 Å². The number of hydrogen-bond donors (Lipinski definition) is 1. The van der Waals surface area contributed by atoms with Gasteiger partial charge in [0.2, 0.25) is 5.89 Å². The van der Waals surface area contributed by atoms with Gasteiger partial charge in [0.1, 0.15) is 5.82 Å². The number of benzene rings is 2. The molecule has 2 aromatic heterocycles. The Morgan fingerprint density at radius 2 is 1.80 bits per heavy atom. The number of fused-ring (bicyclic) bond motifs is 1. The fraction of sp³-hybridized carbons (Fsp3) is 0.273. The number of nitrogens with zero attached hydrogens (tertiary/aromatic N) is 4. The summed E-state index contributed by atoms with van der Waals surface area (Å²) in [5.74, 6) is 1.04. The van der Waals surface area contributed by atoms with Crippen molar-refractivity contribution in [2.45, 2.75) is 31.2 Å². The van der Waals surface area contributed by atoms with Crippen LogP contribution in [0.3, 0.4) is 0 Å². The van der Waals surface area contributed by atoms with Gasteiger partial charge >= 0.3 is 0 Å². The lowest BCUT2D eigenvalue weighted by Crippen LogP contribution is -2.21. The molecule has 0 bridgehead atoms. The van der Waals surface area contributed by atoms with Crippen LogP contribution in [0.4, 0.5) is 5.69 Å². The predicted molar refractivity (Wildman–Crippen MR) is 120 cm³/mol. The summed E-state index contributed by atoms with van der Waals surface area (Å²) in [6, 6.07) is 15.4. The number of H-pyrrole nitrogens is 1. The lowest BCUT2D eigenvalue weighted by Gasteiger charge is -2.20. The minimum atomic E-state index is -0.152. The van der Waals surface area contributed by atoms with Crippen LogP contribution in [0.5, 0.6) is 0 Å². The van der Waals surface area contributed by atoms with E-state index in [4.69, 9.17) is 4.42 Å². The average molecular weight is 422 g/mol. The van der Waals surface area contributed by atoms with Gasteiger partial charge < -0.3 is 14.3 Å². The number of anilines is 1. The maximum absolute atomic E-state index is 12.3. The van der Waals surface area contributed by atoms with E-state index in [0.29, 0.717) is 27.8 Å². The van der Waals surface area contributed by atoms with Gasteiger partial charge in [-0.3, -0.25) is 4.79 Å². The highest BCUT2D eigenvalue weighted by Crippen LogP contribution is 2.34. The first kappa shape index (κ1) is 20.2. The molecule has 0 amide bonds. The second-order valence-corrected chi connectivity index (χ2v) is 8.11. The van der Waals surface area contributed by atoms with Gasteiger partial charge in [-0.2, -0.15) is 0 Å². The molecular formula is C22H23N5O2S. The van der Waals surface area contributed by atoms with Crippen LogP contribution in [0.1, 0.15) is 31.8 Å². The minimum Gasteiger partial charge on any atom is -0.411 e. The molecule has 4 rings (SSSR count). The molecule has 0 spiro atoms. The average Bonchev–Trinajstić information content (AvgIpc) is 3.23. The highest BCUT2D eigenvalue weighted by atomic mass is 32.2. The summed E-state index contributed by atoms with van der Waals surface area (Å²) in [6.07, 6.45) is 0. The van der Waals surface area contributed by atoms with E-state index >= 15 is 0 Å². The van der Waals surface area contributed by atoms with Crippen molar-refractivity contribution in [3.63, 3.8) is 0 Å². The first-order chi connectivity index (χ1) is 14.6. The Hall–Kier alpha value is -3.13. The zero-order valence-electron chi connectivity index (χ0n) is 17.1. The van der Waals surface area contributed by atoms with Crippen molar-refractivity contribution in [3.05, 3.63) is 64.7 Å². The molecule has 4 aromatic rings. The molecule has 0 aliphatic heterocycles. The molecule has 0 aliphatic carbocycles. The SMILES string of the molecule is CCN(CC)c1ccc(-c2nnc(S[C@H](C)c3nc4ccccc4c(=O)[nH]3)o2)cc1. The van der Waals surface area contributed by atoms with Gasteiger partial charge in [-0.1, -0.05) is 23.9 Å². The predicted octanol–water partition coefficient (Wildman–Crippen LogP) is 4.67. The van der Waals surface area contributed by atoms with Crippen LogP contribution in [-0.2, 0) is 0 Å². The molecule has 0 radical (unpaired) electrons. The van der Waals surface area contributed by atoms with Gasteiger partial charge in [0, 0.05) is 24.3 Å². The third kappa shape index (κ3) is 4.09. The third-order valence-electron chi connectivity index (χ3n) is 4.94. The summed E-state index contributed by atoms with van der Waals surface area (Å²) in [5.41, 5.74) is 2.55. The summed E-state index contributed by atoms with van der Waals surface area (Å²) in [4.78, 5) is 22.0. The fourth-order valence-corrected chi connectivity index (χ4v) is 4.02. The monoisotopic (exact) mass is 421 g/mol. The topological polar surface area (TPSA) is 87.9 Å². The maximum Gasteiger partial charge on any atom is 0.277 e. The molecule has 0 saturated heterocycles. The van der Waals surface area contributed by atoms with E-state index in [-0.39, 0.29) is 10.8 Å². The molecule has 1 N–H and O–H groups in total. The largest absolute Gasteiger partial charge is 0.411 e. The Kier molecular flexibility index (Phi) is 5.85. The van der Waals surface area contributed by atoms with Gasteiger partial charge in [-0.05, 0) is 57.2 Å². The second kappa shape index (κ2) is 8.71. The third-order valence-corrected chi connectivity index (χ3v) is 5.89. The Balaban J connectivity index is 1.51. The summed E-state index contributed by atoms with van der Waals surface area (Å²) in [7, 11) is 0. The zero-order valence-corrected chi connectivity index (χ0v) is 17.9. The van der Waals surface area contributed by atoms with Crippen molar-refractivity contribution in [1.82, 2.24) is 20.2 Å². The fourth-order valence-electron chi connectivity index (χ4n) is 3.28. The molecule has 30 heavy (non-hydrogen) atoms. The smallest absolute Gasteiger partial charge is 0.277 e. The highest BCUT2D eigenvalue weighted by Gasteiger charge is 2.17. The van der Waals surface area contributed by atoms with Crippen LogP contribution in [0.2, 0.25) is 0 Å². The van der Waals surface area contributed by atoms with Crippen LogP contribution in [0.25, 0.3) is 22.4 Å². The van der Waals surface area contributed by atoms with Crippen LogP contribution in [-0.4, -0.2) is 33.3 Å². The van der Waals surface area contributed by atoms with Gasteiger partial charge in [0.25, 0.3) is 10.8 Å². The number of hydrogen-bond acceptors (Lipinski definition) is 7. The van der Waals surface area contributed by atoms with E-state index < -0.39 is 0 Å². The van der Waals surface area contributed by atoms with E-state index in [2.05, 4.69) is 51.0 Å². The van der Waals surface area contributed by atoms with Crippen LogP contribution in [0, 0.1) is 0 Å². The first-order valence-corrected chi connectivity index (χ1v) is 10.8. The Labute approximate surface area is 178 Å². The molecule has 2 aromatic carbocycles. The molecule has 7 nitrogen and oxygen atoms in total. The summed E-state index contributed by atoms with van der Waals surface area (Å²) < 4.78 is 5.84. The molecule has 0 fully saturated rings. The number of aromatic amines is 1. The molecule has 0 unspecified atom stereocenters. The maximum atomic E-state index is 12.3.